The van der Waals surface area contributed by atoms with Crippen LogP contribution in [0, 0.1) is 11.3 Å². The molecular weight excluding hydrogens is 542 g/mol. The summed E-state index contributed by atoms with van der Waals surface area (Å²) in [5.74, 6) is -0.0451. The number of nitrogens with one attached hydrogen (secondary N) is 2. The molecule has 1 aromatic carbocycles. The number of amides is 2. The van der Waals surface area contributed by atoms with E-state index in [-0.39, 0.29) is 23.4 Å². The van der Waals surface area contributed by atoms with Crippen LogP contribution in [-0.2, 0) is 0 Å². The molecule has 3 heterocycles. The van der Waals surface area contributed by atoms with Gasteiger partial charge in [-0.05, 0) is 62.9 Å². The molecule has 0 spiro atoms. The molecule has 0 saturated carbocycles. The third-order valence-electron chi connectivity index (χ3n) is 6.96. The Bertz CT molecular complexity index is 1440. The van der Waals surface area contributed by atoms with Gasteiger partial charge in [-0.2, -0.15) is 5.26 Å². The fourth-order valence-electron chi connectivity index (χ4n) is 4.90. The molecule has 0 unspecified atom stereocenters. The standard InChI is InChI=1S/C30H34ClN7O3/c1-4-22-19-37(30(40)23-9-8-21(31)17-20(23)18-32)15-16-38(22)26-11-10-25(24-7-6-12-35-29(24)41-5-2)36-27(26)28(39)34-14-13-33-3/h6-12,17,22,33H,4-5,13-16,19H2,1-3H3,(H,34,39)/t22-/m1/s1. The molecule has 0 aliphatic carbocycles. The first-order valence-corrected chi connectivity index (χ1v) is 14.1. The van der Waals surface area contributed by atoms with E-state index in [1.807, 2.05) is 45.2 Å². The summed E-state index contributed by atoms with van der Waals surface area (Å²) in [5, 5.41) is 15.9. The lowest BCUT2D eigenvalue weighted by molar-refractivity contribution is 0.0719. The zero-order valence-electron chi connectivity index (χ0n) is 23.5. The molecule has 1 aliphatic heterocycles. The smallest absolute Gasteiger partial charge is 0.272 e. The molecule has 1 saturated heterocycles. The summed E-state index contributed by atoms with van der Waals surface area (Å²) in [7, 11) is 1.82. The molecule has 0 radical (unpaired) electrons. The molecule has 214 valence electrons. The highest BCUT2D eigenvalue weighted by atomic mass is 35.5. The summed E-state index contributed by atoms with van der Waals surface area (Å²) in [6.45, 7) is 6.80. The highest BCUT2D eigenvalue weighted by molar-refractivity contribution is 6.30. The highest BCUT2D eigenvalue weighted by Gasteiger charge is 2.32. The van der Waals surface area contributed by atoms with E-state index in [0.717, 1.165) is 6.42 Å². The van der Waals surface area contributed by atoms with E-state index in [1.54, 1.807) is 23.2 Å². The molecule has 41 heavy (non-hydrogen) atoms. The van der Waals surface area contributed by atoms with Crippen LogP contribution >= 0.6 is 11.6 Å². The predicted octanol–water partition coefficient (Wildman–Crippen LogP) is 3.76. The van der Waals surface area contributed by atoms with Crippen molar-refractivity contribution >= 4 is 29.1 Å². The Morgan fingerprint density at radius 1 is 1.17 bits per heavy atom. The SMILES string of the molecule is CCOc1ncccc1-c1ccc(N2CCN(C(=O)c3ccc(Cl)cc3C#N)C[C@H]2CC)c(C(=O)NCCNC)n1. The Labute approximate surface area is 245 Å². The average molecular weight is 576 g/mol. The molecular formula is C30H34ClN7O3. The summed E-state index contributed by atoms with van der Waals surface area (Å²) in [4.78, 5) is 39.9. The number of anilines is 1. The van der Waals surface area contributed by atoms with E-state index < -0.39 is 0 Å². The number of hydrogen-bond acceptors (Lipinski definition) is 8. The molecule has 11 heteroatoms. The lowest BCUT2D eigenvalue weighted by Gasteiger charge is -2.43. The maximum absolute atomic E-state index is 13.4. The molecule has 1 atom stereocenters. The average Bonchev–Trinajstić information content (AvgIpc) is 3.00. The van der Waals surface area contributed by atoms with Crippen molar-refractivity contribution in [3.63, 3.8) is 0 Å². The topological polar surface area (TPSA) is 123 Å². The molecule has 1 aliphatic rings. The fraction of sp³-hybridized carbons (Fsp3) is 0.367. The van der Waals surface area contributed by atoms with Crippen molar-refractivity contribution in [2.75, 3.05) is 51.3 Å². The lowest BCUT2D eigenvalue weighted by atomic mass is 10.0. The summed E-state index contributed by atoms with van der Waals surface area (Å²) in [5.41, 5.74) is 2.85. The zero-order valence-corrected chi connectivity index (χ0v) is 24.2. The molecule has 2 N–H and O–H groups in total. The molecule has 2 aromatic heterocycles. The quantitative estimate of drug-likeness (QED) is 0.350. The number of aromatic nitrogens is 2. The van der Waals surface area contributed by atoms with Gasteiger partial charge in [0.25, 0.3) is 11.8 Å². The van der Waals surface area contributed by atoms with Gasteiger partial charge in [0.2, 0.25) is 5.88 Å². The van der Waals surface area contributed by atoms with Gasteiger partial charge in [0.05, 0.1) is 34.7 Å². The van der Waals surface area contributed by atoms with E-state index in [9.17, 15) is 14.9 Å². The molecule has 3 aromatic rings. The van der Waals surface area contributed by atoms with Gasteiger partial charge in [-0.25, -0.2) is 9.97 Å². The van der Waals surface area contributed by atoms with E-state index >= 15 is 0 Å². The number of halogens is 1. The number of carbonyl (C=O) groups excluding carboxylic acids is 2. The van der Waals surface area contributed by atoms with Crippen molar-refractivity contribution in [1.29, 1.82) is 5.26 Å². The summed E-state index contributed by atoms with van der Waals surface area (Å²) in [6.07, 6.45) is 2.39. The molecule has 2 amide bonds. The Morgan fingerprint density at radius 3 is 2.73 bits per heavy atom. The van der Waals surface area contributed by atoms with Crippen LogP contribution in [0.3, 0.4) is 0 Å². The van der Waals surface area contributed by atoms with Crippen molar-refractivity contribution in [3.05, 3.63) is 70.5 Å². The molecule has 0 bridgehead atoms. The van der Waals surface area contributed by atoms with Gasteiger partial charge < -0.3 is 25.2 Å². The lowest BCUT2D eigenvalue weighted by Crippen LogP contribution is -2.55. The number of likely N-dealkylation sites (N-methyl/N-ethyl adjacent to an activating group) is 1. The Balaban J connectivity index is 1.66. The van der Waals surface area contributed by atoms with Crippen molar-refractivity contribution in [3.8, 4) is 23.2 Å². The number of hydrogen-bond donors (Lipinski definition) is 2. The normalized spacial score (nSPS) is 14.9. The Morgan fingerprint density at radius 2 is 2.00 bits per heavy atom. The summed E-state index contributed by atoms with van der Waals surface area (Å²) >= 11 is 6.04. The van der Waals surface area contributed by atoms with Gasteiger partial charge in [0.1, 0.15) is 6.07 Å². The van der Waals surface area contributed by atoms with Gasteiger partial charge in [-0.3, -0.25) is 9.59 Å². The van der Waals surface area contributed by atoms with Crippen molar-refractivity contribution in [2.45, 2.75) is 26.3 Å². The first-order chi connectivity index (χ1) is 19.9. The second-order valence-corrected chi connectivity index (χ2v) is 9.96. The first-order valence-electron chi connectivity index (χ1n) is 13.7. The van der Waals surface area contributed by atoms with E-state index in [0.29, 0.717) is 78.4 Å². The molecule has 1 fully saturated rings. The minimum atomic E-state index is -0.285. The van der Waals surface area contributed by atoms with Gasteiger partial charge in [-0.1, -0.05) is 18.5 Å². The van der Waals surface area contributed by atoms with Crippen LogP contribution in [0.4, 0.5) is 5.69 Å². The Kier molecular flexibility index (Phi) is 10.1. The largest absolute Gasteiger partial charge is 0.477 e. The van der Waals surface area contributed by atoms with Crippen LogP contribution in [0.15, 0.2) is 48.7 Å². The maximum atomic E-state index is 13.4. The molecule has 10 nitrogen and oxygen atoms in total. The van der Waals surface area contributed by atoms with E-state index in [1.165, 1.54) is 6.07 Å². The van der Waals surface area contributed by atoms with Gasteiger partial charge in [0.15, 0.2) is 5.69 Å². The second-order valence-electron chi connectivity index (χ2n) is 9.52. The van der Waals surface area contributed by atoms with Crippen molar-refractivity contribution in [1.82, 2.24) is 25.5 Å². The van der Waals surface area contributed by atoms with Crippen LogP contribution < -0.4 is 20.3 Å². The highest BCUT2D eigenvalue weighted by Crippen LogP contribution is 2.32. The maximum Gasteiger partial charge on any atom is 0.272 e. The fourth-order valence-corrected chi connectivity index (χ4v) is 5.07. The summed E-state index contributed by atoms with van der Waals surface area (Å²) in [6, 6.07) is 14.2. The molecule has 4 rings (SSSR count). The minimum Gasteiger partial charge on any atom is -0.477 e. The van der Waals surface area contributed by atoms with Crippen molar-refractivity contribution in [2.24, 2.45) is 0 Å². The van der Waals surface area contributed by atoms with Crippen LogP contribution in [0.1, 0.15) is 46.7 Å². The number of nitrogens with zero attached hydrogens (tertiary/aromatic N) is 5. The number of piperazine rings is 1. The zero-order chi connectivity index (χ0) is 29.4. The Hall–Kier alpha value is -4.20. The monoisotopic (exact) mass is 575 g/mol. The second kappa shape index (κ2) is 13.9. The number of rotatable bonds is 10. The van der Waals surface area contributed by atoms with Crippen LogP contribution in [0.5, 0.6) is 5.88 Å². The van der Waals surface area contributed by atoms with Crippen molar-refractivity contribution < 1.29 is 14.3 Å². The van der Waals surface area contributed by atoms with Crippen LogP contribution in [0.25, 0.3) is 11.3 Å². The minimum absolute atomic E-state index is 0.0700. The van der Waals surface area contributed by atoms with Gasteiger partial charge in [-0.15, -0.1) is 0 Å². The van der Waals surface area contributed by atoms with E-state index in [2.05, 4.69) is 26.6 Å². The number of nitriles is 1. The van der Waals surface area contributed by atoms with Gasteiger partial charge in [0, 0.05) is 50.0 Å². The van der Waals surface area contributed by atoms with Crippen LogP contribution in [-0.4, -0.2) is 79.1 Å². The van der Waals surface area contributed by atoms with Crippen LogP contribution in [0.2, 0.25) is 5.02 Å². The number of benzene rings is 1. The third kappa shape index (κ3) is 6.76. The number of pyridine rings is 2. The first kappa shape index (κ1) is 29.8. The summed E-state index contributed by atoms with van der Waals surface area (Å²) < 4.78 is 5.71. The number of ether oxygens (including phenoxy) is 1. The predicted molar refractivity (Wildman–Crippen MR) is 158 cm³/mol. The van der Waals surface area contributed by atoms with E-state index in [4.69, 9.17) is 21.3 Å². The third-order valence-corrected chi connectivity index (χ3v) is 7.20. The van der Waals surface area contributed by atoms with Gasteiger partial charge >= 0.3 is 0 Å². The number of carbonyl (C=O) groups is 2.